The SMILES string of the molecule is C=CC=CCC.CC=CCC=C1CCC(C)C1. The molecule has 1 aliphatic carbocycles. The topological polar surface area (TPSA) is 0 Å². The monoisotopic (exact) mass is 232 g/mol. The van der Waals surface area contributed by atoms with Gasteiger partial charge in [-0.3, -0.25) is 0 Å². The van der Waals surface area contributed by atoms with Crippen molar-refractivity contribution in [3.63, 3.8) is 0 Å². The van der Waals surface area contributed by atoms with Crippen LogP contribution in [0.2, 0.25) is 0 Å². The molecule has 1 fully saturated rings. The highest BCUT2D eigenvalue weighted by Gasteiger charge is 2.13. The second-order valence-electron chi connectivity index (χ2n) is 4.59. The number of rotatable bonds is 4. The van der Waals surface area contributed by atoms with Gasteiger partial charge in [-0.25, -0.2) is 0 Å². The van der Waals surface area contributed by atoms with Crippen LogP contribution in [-0.2, 0) is 0 Å². The zero-order chi connectivity index (χ0) is 12.9. The van der Waals surface area contributed by atoms with Gasteiger partial charge in [-0.15, -0.1) is 0 Å². The third-order valence-corrected chi connectivity index (χ3v) is 2.86. The molecule has 0 heterocycles. The molecule has 0 nitrogen and oxygen atoms in total. The molecule has 0 aliphatic heterocycles. The predicted octanol–water partition coefficient (Wildman–Crippen LogP) is 5.84. The Morgan fingerprint density at radius 3 is 2.53 bits per heavy atom. The standard InChI is InChI=1S/C11H18.C6H10/c1-3-4-5-6-11-8-7-10(2)9-11;1-3-5-6-4-2/h3-4,6,10H,5,7-9H2,1-2H3;3,5-6H,1,4H2,2H3. The maximum Gasteiger partial charge on any atom is -0.0167 e. The largest absolute Gasteiger partial charge is 0.0991 e. The average Bonchev–Trinajstić information content (AvgIpc) is 2.74. The highest BCUT2D eigenvalue weighted by Crippen LogP contribution is 2.29. The van der Waals surface area contributed by atoms with Gasteiger partial charge in [-0.1, -0.05) is 62.5 Å². The summed E-state index contributed by atoms with van der Waals surface area (Å²) in [5.41, 5.74) is 1.68. The Labute approximate surface area is 108 Å². The van der Waals surface area contributed by atoms with Gasteiger partial charge in [0.15, 0.2) is 0 Å². The zero-order valence-corrected chi connectivity index (χ0v) is 11.8. The van der Waals surface area contributed by atoms with E-state index in [9.17, 15) is 0 Å². The average molecular weight is 232 g/mol. The first-order chi connectivity index (χ1) is 8.24. The molecule has 1 atom stereocenters. The molecule has 0 aromatic carbocycles. The lowest BCUT2D eigenvalue weighted by Gasteiger charge is -1.94. The van der Waals surface area contributed by atoms with E-state index in [1.807, 2.05) is 6.08 Å². The molecule has 0 bridgehead atoms. The Kier molecular flexibility index (Phi) is 10.7. The van der Waals surface area contributed by atoms with E-state index in [0.717, 1.165) is 18.8 Å². The van der Waals surface area contributed by atoms with Crippen LogP contribution in [0, 0.1) is 5.92 Å². The first-order valence-corrected chi connectivity index (χ1v) is 6.81. The van der Waals surface area contributed by atoms with E-state index in [1.165, 1.54) is 19.3 Å². The van der Waals surface area contributed by atoms with Crippen LogP contribution in [-0.4, -0.2) is 0 Å². The van der Waals surface area contributed by atoms with Crippen molar-refractivity contribution in [1.82, 2.24) is 0 Å². The maximum absolute atomic E-state index is 3.51. The first kappa shape index (κ1) is 16.0. The summed E-state index contributed by atoms with van der Waals surface area (Å²) in [5, 5.41) is 0. The minimum absolute atomic E-state index is 0.937. The summed E-state index contributed by atoms with van der Waals surface area (Å²) in [6.45, 7) is 10.0. The van der Waals surface area contributed by atoms with Gasteiger partial charge in [0, 0.05) is 0 Å². The Morgan fingerprint density at radius 2 is 2.12 bits per heavy atom. The third kappa shape index (κ3) is 9.86. The van der Waals surface area contributed by atoms with Crippen molar-refractivity contribution in [2.24, 2.45) is 5.92 Å². The number of hydrogen-bond acceptors (Lipinski definition) is 0. The quantitative estimate of drug-likeness (QED) is 0.422. The number of hydrogen-bond donors (Lipinski definition) is 0. The van der Waals surface area contributed by atoms with Crippen molar-refractivity contribution in [2.75, 3.05) is 0 Å². The van der Waals surface area contributed by atoms with Crippen LogP contribution < -0.4 is 0 Å². The molecule has 0 saturated heterocycles. The highest BCUT2D eigenvalue weighted by molar-refractivity contribution is 5.09. The smallest absolute Gasteiger partial charge is 0.0167 e. The molecular formula is C17H28. The lowest BCUT2D eigenvalue weighted by molar-refractivity contribution is 0.620. The zero-order valence-electron chi connectivity index (χ0n) is 11.8. The molecule has 0 spiro atoms. The van der Waals surface area contributed by atoms with Crippen molar-refractivity contribution < 1.29 is 0 Å². The van der Waals surface area contributed by atoms with Crippen LogP contribution in [0.25, 0.3) is 0 Å². The molecule has 1 saturated carbocycles. The van der Waals surface area contributed by atoms with Crippen molar-refractivity contribution >= 4 is 0 Å². The molecule has 1 aliphatic rings. The van der Waals surface area contributed by atoms with Crippen molar-refractivity contribution in [2.45, 2.75) is 52.9 Å². The fraction of sp³-hybridized carbons (Fsp3) is 0.529. The minimum atomic E-state index is 0.937. The summed E-state index contributed by atoms with van der Waals surface area (Å²) in [5.74, 6) is 0.937. The van der Waals surface area contributed by atoms with Gasteiger partial charge in [0.05, 0.1) is 0 Å². The van der Waals surface area contributed by atoms with Crippen molar-refractivity contribution in [3.8, 4) is 0 Å². The van der Waals surface area contributed by atoms with Crippen molar-refractivity contribution in [3.05, 3.63) is 48.6 Å². The van der Waals surface area contributed by atoms with Gasteiger partial charge in [-0.05, 0) is 44.9 Å². The van der Waals surface area contributed by atoms with Crippen LogP contribution in [0.1, 0.15) is 52.9 Å². The molecule has 96 valence electrons. The van der Waals surface area contributed by atoms with Crippen LogP contribution in [0.4, 0.5) is 0 Å². The molecular weight excluding hydrogens is 204 g/mol. The minimum Gasteiger partial charge on any atom is -0.0991 e. The fourth-order valence-corrected chi connectivity index (χ4v) is 1.87. The van der Waals surface area contributed by atoms with E-state index in [2.05, 4.69) is 51.7 Å². The van der Waals surface area contributed by atoms with Gasteiger partial charge < -0.3 is 0 Å². The molecule has 17 heavy (non-hydrogen) atoms. The molecule has 0 N–H and O–H groups in total. The molecule has 1 unspecified atom stereocenters. The molecule has 0 aromatic heterocycles. The molecule has 0 aromatic rings. The molecule has 0 amide bonds. The lowest BCUT2D eigenvalue weighted by Crippen LogP contribution is -1.80. The summed E-state index contributed by atoms with van der Waals surface area (Å²) in [6.07, 6.45) is 18.9. The normalized spacial score (nSPS) is 22.1. The summed E-state index contributed by atoms with van der Waals surface area (Å²) in [4.78, 5) is 0. The van der Waals surface area contributed by atoms with E-state index < -0.39 is 0 Å². The maximum atomic E-state index is 3.51. The van der Waals surface area contributed by atoms with Gasteiger partial charge in [0.25, 0.3) is 0 Å². The van der Waals surface area contributed by atoms with E-state index in [0.29, 0.717) is 0 Å². The Balaban J connectivity index is 0.000000366. The van der Waals surface area contributed by atoms with E-state index in [1.54, 1.807) is 11.6 Å². The second kappa shape index (κ2) is 11.4. The highest BCUT2D eigenvalue weighted by atomic mass is 14.2. The molecule has 0 heteroatoms. The fourth-order valence-electron chi connectivity index (χ4n) is 1.87. The van der Waals surface area contributed by atoms with Gasteiger partial charge in [-0.2, -0.15) is 0 Å². The van der Waals surface area contributed by atoms with Crippen LogP contribution >= 0.6 is 0 Å². The van der Waals surface area contributed by atoms with Crippen LogP contribution in [0.5, 0.6) is 0 Å². The van der Waals surface area contributed by atoms with E-state index in [-0.39, 0.29) is 0 Å². The Morgan fingerprint density at radius 1 is 1.35 bits per heavy atom. The van der Waals surface area contributed by atoms with Crippen LogP contribution in [0.15, 0.2) is 48.6 Å². The molecule has 0 radical (unpaired) electrons. The van der Waals surface area contributed by atoms with Gasteiger partial charge in [0.2, 0.25) is 0 Å². The third-order valence-electron chi connectivity index (χ3n) is 2.86. The lowest BCUT2D eigenvalue weighted by atomic mass is 10.1. The molecule has 1 rings (SSSR count). The van der Waals surface area contributed by atoms with E-state index in [4.69, 9.17) is 0 Å². The van der Waals surface area contributed by atoms with Gasteiger partial charge in [0.1, 0.15) is 0 Å². The second-order valence-corrected chi connectivity index (χ2v) is 4.59. The summed E-state index contributed by atoms with van der Waals surface area (Å²) in [7, 11) is 0. The van der Waals surface area contributed by atoms with E-state index >= 15 is 0 Å². The summed E-state index contributed by atoms with van der Waals surface area (Å²) < 4.78 is 0. The Bertz CT molecular complexity index is 266. The Hall–Kier alpha value is -1.04. The summed E-state index contributed by atoms with van der Waals surface area (Å²) >= 11 is 0. The summed E-state index contributed by atoms with van der Waals surface area (Å²) in [6, 6.07) is 0. The number of allylic oxidation sites excluding steroid dienone is 7. The van der Waals surface area contributed by atoms with Crippen molar-refractivity contribution in [1.29, 1.82) is 0 Å². The van der Waals surface area contributed by atoms with Gasteiger partial charge >= 0.3 is 0 Å². The van der Waals surface area contributed by atoms with Crippen LogP contribution in [0.3, 0.4) is 0 Å². The predicted molar refractivity (Wildman–Crippen MR) is 80.2 cm³/mol. The first-order valence-electron chi connectivity index (χ1n) is 6.81.